The lowest BCUT2D eigenvalue weighted by molar-refractivity contribution is -0.331. The molecular formula is C6H12O6. The lowest BCUT2D eigenvalue weighted by atomic mass is 10.1. The molecule has 0 aromatic heterocycles. The molecule has 5 N–H and O–H groups in total. The van der Waals surface area contributed by atoms with Crippen molar-refractivity contribution in [3.63, 3.8) is 0 Å². The molecule has 0 spiro atoms. The van der Waals surface area contributed by atoms with Gasteiger partial charge in [0.25, 0.3) is 0 Å². The minimum atomic E-state index is -2.17. The quantitative estimate of drug-likeness (QED) is 0.273. The Morgan fingerprint density at radius 2 is 1.92 bits per heavy atom. The third-order valence-corrected chi connectivity index (χ3v) is 1.91. The van der Waals surface area contributed by atoms with E-state index in [1.54, 1.807) is 0 Å². The van der Waals surface area contributed by atoms with Crippen molar-refractivity contribution in [2.75, 3.05) is 13.2 Å². The van der Waals surface area contributed by atoms with Gasteiger partial charge in [0.15, 0.2) is 0 Å². The highest BCUT2D eigenvalue weighted by molar-refractivity contribution is 4.90. The summed E-state index contributed by atoms with van der Waals surface area (Å²) < 4.78 is 4.56. The summed E-state index contributed by atoms with van der Waals surface area (Å²) in [7, 11) is 0. The molecule has 0 aromatic carbocycles. The summed E-state index contributed by atoms with van der Waals surface area (Å²) in [6, 6.07) is 0. The van der Waals surface area contributed by atoms with Crippen LogP contribution < -0.4 is 0 Å². The molecule has 0 bridgehead atoms. The van der Waals surface area contributed by atoms with Crippen molar-refractivity contribution < 1.29 is 30.3 Å². The zero-order valence-electron chi connectivity index (χ0n) is 6.29. The van der Waals surface area contributed by atoms with E-state index in [2.05, 4.69) is 4.74 Å². The predicted molar refractivity (Wildman–Crippen MR) is 36.0 cm³/mol. The molecule has 0 aliphatic carbocycles. The van der Waals surface area contributed by atoms with Gasteiger partial charge in [0.1, 0.15) is 18.3 Å². The van der Waals surface area contributed by atoms with E-state index in [-0.39, 0.29) is 6.61 Å². The minimum Gasteiger partial charge on any atom is -0.391 e. The molecule has 0 amide bonds. The van der Waals surface area contributed by atoms with Gasteiger partial charge in [-0.25, -0.2) is 0 Å². The summed E-state index contributed by atoms with van der Waals surface area (Å²) in [6.45, 7) is -1.16. The maximum absolute atomic E-state index is 9.24. The van der Waals surface area contributed by atoms with Gasteiger partial charge in [-0.2, -0.15) is 0 Å². The van der Waals surface area contributed by atoms with E-state index in [1.165, 1.54) is 0 Å². The molecule has 72 valence electrons. The van der Waals surface area contributed by atoms with Gasteiger partial charge in [0, 0.05) is 0 Å². The molecule has 12 heavy (non-hydrogen) atoms. The first kappa shape index (κ1) is 9.85. The second-order valence-corrected chi connectivity index (χ2v) is 2.82. The standard InChI is InChI=1S/C6H12O6/c7-2-6(11)5(10)4(9)3(8)1-12-6/h3-5,7-11H,1-2H2/t3-,4-,5+,6?/m0/s1/i2+1,6+1. The highest BCUT2D eigenvalue weighted by Crippen LogP contribution is 2.22. The third-order valence-electron chi connectivity index (χ3n) is 1.91. The average Bonchev–Trinajstić information content (AvgIpc) is 2.09. The van der Waals surface area contributed by atoms with Crippen LogP contribution in [-0.2, 0) is 4.74 Å². The summed E-state index contributed by atoms with van der Waals surface area (Å²) in [5, 5.41) is 45.0. The molecule has 1 aliphatic rings. The van der Waals surface area contributed by atoms with Gasteiger partial charge in [-0.15, -0.1) is 0 Å². The van der Waals surface area contributed by atoms with Gasteiger partial charge in [-0.05, 0) is 0 Å². The first-order chi connectivity index (χ1) is 5.51. The molecular weight excluding hydrogens is 170 g/mol. The molecule has 1 saturated heterocycles. The Hall–Kier alpha value is -0.240. The zero-order valence-corrected chi connectivity index (χ0v) is 6.29. The van der Waals surface area contributed by atoms with Gasteiger partial charge in [-0.3, -0.25) is 0 Å². The first-order valence-electron chi connectivity index (χ1n) is 3.52. The van der Waals surface area contributed by atoms with E-state index >= 15 is 0 Å². The largest absolute Gasteiger partial charge is 0.391 e. The van der Waals surface area contributed by atoms with E-state index in [0.29, 0.717) is 0 Å². The molecule has 0 radical (unpaired) electrons. The molecule has 1 rings (SSSR count). The SMILES string of the molecule is O[13CH2][13C]1(O)OC[C@H](O)[C@H](O)[C@H]1O. The van der Waals surface area contributed by atoms with E-state index in [4.69, 9.17) is 20.4 Å². The van der Waals surface area contributed by atoms with Crippen LogP contribution in [0.5, 0.6) is 0 Å². The minimum absolute atomic E-state index is 0.324. The zero-order chi connectivity index (χ0) is 9.35. The smallest absolute Gasteiger partial charge is 0.218 e. The topological polar surface area (TPSA) is 110 Å². The lowest BCUT2D eigenvalue weighted by Gasteiger charge is -2.40. The van der Waals surface area contributed by atoms with Crippen LogP contribution >= 0.6 is 0 Å². The summed E-state index contributed by atoms with van der Waals surface area (Å²) in [5.74, 6) is -2.17. The van der Waals surface area contributed by atoms with Gasteiger partial charge in [0.2, 0.25) is 5.79 Å². The first-order valence-corrected chi connectivity index (χ1v) is 3.52. The van der Waals surface area contributed by atoms with Gasteiger partial charge in [0.05, 0.1) is 13.2 Å². The van der Waals surface area contributed by atoms with E-state index in [9.17, 15) is 5.11 Å². The van der Waals surface area contributed by atoms with Crippen LogP contribution in [0.3, 0.4) is 0 Å². The van der Waals surface area contributed by atoms with Gasteiger partial charge < -0.3 is 30.3 Å². The number of aliphatic hydroxyl groups excluding tert-OH is 4. The number of rotatable bonds is 1. The predicted octanol–water partition coefficient (Wildman–Crippen LogP) is -3.22. The Labute approximate surface area is 68.6 Å². The van der Waals surface area contributed by atoms with E-state index in [1.807, 2.05) is 0 Å². The Morgan fingerprint density at radius 3 is 2.42 bits per heavy atom. The maximum Gasteiger partial charge on any atom is 0.218 e. The van der Waals surface area contributed by atoms with Gasteiger partial charge >= 0.3 is 0 Å². The van der Waals surface area contributed by atoms with Crippen LogP contribution in [0.15, 0.2) is 0 Å². The average molecular weight is 182 g/mol. The van der Waals surface area contributed by atoms with E-state index < -0.39 is 30.7 Å². The van der Waals surface area contributed by atoms with Gasteiger partial charge in [-0.1, -0.05) is 0 Å². The number of hydrogen-bond acceptors (Lipinski definition) is 6. The Kier molecular flexibility index (Phi) is 2.67. The molecule has 6 heteroatoms. The monoisotopic (exact) mass is 182 g/mol. The maximum atomic E-state index is 9.24. The Bertz CT molecular complexity index is 162. The number of hydrogen-bond donors (Lipinski definition) is 5. The van der Waals surface area contributed by atoms with Crippen molar-refractivity contribution in [1.29, 1.82) is 0 Å². The highest BCUT2D eigenvalue weighted by Gasteiger charge is 2.47. The molecule has 1 heterocycles. The highest BCUT2D eigenvalue weighted by atomic mass is 16.8. The fourth-order valence-electron chi connectivity index (χ4n) is 1.03. The van der Waals surface area contributed by atoms with Crippen LogP contribution in [-0.4, -0.2) is 62.8 Å². The molecule has 0 aromatic rings. The fourth-order valence-corrected chi connectivity index (χ4v) is 1.03. The van der Waals surface area contributed by atoms with Crippen LogP contribution in [0.4, 0.5) is 0 Å². The van der Waals surface area contributed by atoms with Crippen LogP contribution in [0.2, 0.25) is 0 Å². The molecule has 1 unspecified atom stereocenters. The molecule has 4 atom stereocenters. The van der Waals surface area contributed by atoms with Crippen molar-refractivity contribution in [2.24, 2.45) is 0 Å². The third kappa shape index (κ3) is 1.45. The van der Waals surface area contributed by atoms with Crippen LogP contribution in [0, 0.1) is 0 Å². The summed E-state index contributed by atoms with van der Waals surface area (Å²) >= 11 is 0. The summed E-state index contributed by atoms with van der Waals surface area (Å²) in [4.78, 5) is 0. The van der Waals surface area contributed by atoms with Crippen molar-refractivity contribution in [1.82, 2.24) is 0 Å². The van der Waals surface area contributed by atoms with Crippen molar-refractivity contribution in [3.05, 3.63) is 0 Å². The normalized spacial score (nSPS) is 49.2. The second kappa shape index (κ2) is 3.25. The number of aliphatic hydroxyl groups is 5. The fraction of sp³-hybridized carbons (Fsp3) is 1.00. The summed E-state index contributed by atoms with van der Waals surface area (Å²) in [6.07, 6.45) is -4.45. The second-order valence-electron chi connectivity index (χ2n) is 2.82. The van der Waals surface area contributed by atoms with Crippen molar-refractivity contribution >= 4 is 0 Å². The lowest BCUT2D eigenvalue weighted by Crippen LogP contribution is -2.62. The van der Waals surface area contributed by atoms with Crippen LogP contribution in [0.1, 0.15) is 0 Å². The van der Waals surface area contributed by atoms with Crippen molar-refractivity contribution in [3.8, 4) is 0 Å². The van der Waals surface area contributed by atoms with Crippen LogP contribution in [0.25, 0.3) is 0 Å². The summed E-state index contributed by atoms with van der Waals surface area (Å²) in [5.41, 5.74) is 0. The number of ether oxygens (including phenoxy) is 1. The molecule has 1 aliphatic heterocycles. The molecule has 6 nitrogen and oxygen atoms in total. The molecule has 0 saturated carbocycles. The van der Waals surface area contributed by atoms with Crippen molar-refractivity contribution in [2.45, 2.75) is 24.1 Å². The Balaban J connectivity index is 2.71. The molecule has 1 fully saturated rings. The Morgan fingerprint density at radius 1 is 1.33 bits per heavy atom. The van der Waals surface area contributed by atoms with E-state index in [0.717, 1.165) is 0 Å².